The zero-order chi connectivity index (χ0) is 18.0. The van der Waals surface area contributed by atoms with E-state index in [1.807, 2.05) is 0 Å². The first-order chi connectivity index (χ1) is 12.0. The Hall–Kier alpha value is -2.43. The van der Waals surface area contributed by atoms with Crippen LogP contribution in [-0.2, 0) is 16.0 Å². The highest BCUT2D eigenvalue weighted by molar-refractivity contribution is 7.81. The van der Waals surface area contributed by atoms with Crippen molar-refractivity contribution in [3.8, 4) is 0 Å². The van der Waals surface area contributed by atoms with Crippen LogP contribution in [0.15, 0.2) is 36.4 Å². The van der Waals surface area contributed by atoms with Crippen molar-refractivity contribution in [2.75, 3.05) is 10.9 Å². The largest absolute Gasteiger partial charge is 0.755 e. The summed E-state index contributed by atoms with van der Waals surface area (Å²) in [6, 6.07) is 8.26. The minimum absolute atomic E-state index is 0.00101. The molecule has 0 saturated heterocycles. The summed E-state index contributed by atoms with van der Waals surface area (Å²) in [6.07, 6.45) is 0. The Bertz CT molecular complexity index is 946. The fourth-order valence-corrected chi connectivity index (χ4v) is 3.40. The number of hydrogen-bond donors (Lipinski definition) is 0. The molecule has 7 nitrogen and oxygen atoms in total. The van der Waals surface area contributed by atoms with Gasteiger partial charge in [0.15, 0.2) is 5.82 Å². The highest BCUT2D eigenvalue weighted by atomic mass is 32.2. The summed E-state index contributed by atoms with van der Waals surface area (Å²) in [5.41, 5.74) is 0.872. The highest BCUT2D eigenvalue weighted by Crippen LogP contribution is 2.33. The summed E-state index contributed by atoms with van der Waals surface area (Å²) >= 11 is -1.90. The molecule has 1 unspecified atom stereocenters. The number of ether oxygens (including phenoxy) is 1. The fraction of sp³-hybridized carbons (Fsp3) is 0.133. The van der Waals surface area contributed by atoms with Crippen molar-refractivity contribution in [2.24, 2.45) is 0 Å². The van der Waals surface area contributed by atoms with Crippen LogP contribution in [0, 0.1) is 5.82 Å². The molecular formula is C15H11FN3O4S2-. The van der Waals surface area contributed by atoms with Gasteiger partial charge in [0.25, 0.3) is 0 Å². The molecule has 0 fully saturated rings. The van der Waals surface area contributed by atoms with Crippen molar-refractivity contribution >= 4 is 51.4 Å². The van der Waals surface area contributed by atoms with Gasteiger partial charge in [-0.2, -0.15) is 8.75 Å². The molecule has 3 rings (SSSR count). The third-order valence-corrected chi connectivity index (χ3v) is 4.56. The number of halogens is 1. The zero-order valence-corrected chi connectivity index (χ0v) is 14.5. The van der Waals surface area contributed by atoms with E-state index in [0.717, 1.165) is 22.1 Å². The molecule has 0 saturated carbocycles. The lowest BCUT2D eigenvalue weighted by atomic mass is 10.2. The number of rotatable bonds is 5. The van der Waals surface area contributed by atoms with Crippen LogP contribution >= 0.6 is 11.7 Å². The number of aromatic nitrogens is 2. The molecule has 0 spiro atoms. The van der Waals surface area contributed by atoms with Gasteiger partial charge >= 0.3 is 5.97 Å². The van der Waals surface area contributed by atoms with E-state index in [0.29, 0.717) is 5.56 Å². The fourth-order valence-electron chi connectivity index (χ4n) is 2.24. The molecule has 0 radical (unpaired) electrons. The Balaban J connectivity index is 2.04. The smallest absolute Gasteiger partial charge is 0.338 e. The lowest BCUT2D eigenvalue weighted by Gasteiger charge is -2.26. The molecule has 0 aliphatic heterocycles. The summed E-state index contributed by atoms with van der Waals surface area (Å²) in [7, 11) is 0. The normalized spacial score (nSPS) is 12.1. The topological polar surface area (TPSA) is 95.5 Å². The van der Waals surface area contributed by atoms with Crippen molar-refractivity contribution in [1.29, 1.82) is 0 Å². The van der Waals surface area contributed by atoms with Crippen molar-refractivity contribution in [3.63, 3.8) is 0 Å². The summed E-state index contributed by atoms with van der Waals surface area (Å²) < 4.78 is 51.0. The van der Waals surface area contributed by atoms with Gasteiger partial charge in [-0.05, 0) is 43.3 Å². The van der Waals surface area contributed by atoms with E-state index in [1.54, 1.807) is 6.92 Å². The summed E-state index contributed by atoms with van der Waals surface area (Å²) in [4.78, 5) is 11.7. The predicted octanol–water partition coefficient (Wildman–Crippen LogP) is 2.94. The molecule has 1 atom stereocenters. The molecule has 0 aliphatic rings. The average molecular weight is 380 g/mol. The average Bonchev–Trinajstić information content (AvgIpc) is 3.08. The van der Waals surface area contributed by atoms with Crippen LogP contribution in [0.1, 0.15) is 17.3 Å². The van der Waals surface area contributed by atoms with Gasteiger partial charge in [0.1, 0.15) is 11.0 Å². The molecule has 0 N–H and O–H groups in total. The lowest BCUT2D eigenvalue weighted by molar-refractivity contribution is 0.0526. The van der Waals surface area contributed by atoms with Gasteiger partial charge in [0, 0.05) is 0 Å². The molecule has 10 heteroatoms. The standard InChI is InChI=1S/C15H12FN3O4S2/c1-2-23-15(20)9-3-5-10(6-4-9)19(25(21)22)12-8-7-11(16)13-14(12)18-24-17-13/h3-8H,2H2,1H3,(H,21,22)/p-1. The summed E-state index contributed by atoms with van der Waals surface area (Å²) in [5, 5.41) is 0. The van der Waals surface area contributed by atoms with Gasteiger partial charge < -0.3 is 9.29 Å². The molecule has 1 aromatic heterocycles. The van der Waals surface area contributed by atoms with Crippen molar-refractivity contribution in [1.82, 2.24) is 8.75 Å². The van der Waals surface area contributed by atoms with Crippen LogP contribution in [0.3, 0.4) is 0 Å². The van der Waals surface area contributed by atoms with Crippen LogP contribution < -0.4 is 4.31 Å². The Kier molecular flexibility index (Phi) is 5.02. The quantitative estimate of drug-likeness (QED) is 0.499. The maximum atomic E-state index is 13.8. The van der Waals surface area contributed by atoms with Crippen molar-refractivity contribution in [2.45, 2.75) is 6.92 Å². The van der Waals surface area contributed by atoms with Crippen LogP contribution in [0.2, 0.25) is 0 Å². The molecule has 25 heavy (non-hydrogen) atoms. The molecule has 0 aliphatic carbocycles. The number of anilines is 2. The van der Waals surface area contributed by atoms with Crippen molar-refractivity contribution < 1.29 is 22.7 Å². The van der Waals surface area contributed by atoms with Crippen LogP contribution in [0.4, 0.5) is 15.8 Å². The maximum absolute atomic E-state index is 13.8. The number of nitrogens with zero attached hydrogens (tertiary/aromatic N) is 3. The first-order valence-corrected chi connectivity index (χ1v) is 8.86. The lowest BCUT2D eigenvalue weighted by Crippen LogP contribution is -2.20. The van der Waals surface area contributed by atoms with E-state index >= 15 is 0 Å². The SMILES string of the molecule is CCOC(=O)c1ccc(N(c2ccc(F)c3nsnc23)S(=O)[O-])cc1. The second kappa shape index (κ2) is 7.21. The van der Waals surface area contributed by atoms with E-state index in [-0.39, 0.29) is 29.0 Å². The van der Waals surface area contributed by atoms with Gasteiger partial charge in [-0.3, -0.25) is 8.51 Å². The van der Waals surface area contributed by atoms with Crippen molar-refractivity contribution in [3.05, 3.63) is 47.8 Å². The first-order valence-electron chi connectivity index (χ1n) is 7.10. The van der Waals surface area contributed by atoms with E-state index in [9.17, 15) is 17.9 Å². The number of carbonyl (C=O) groups excluding carboxylic acids is 1. The number of benzene rings is 2. The highest BCUT2D eigenvalue weighted by Gasteiger charge is 2.19. The molecule has 130 valence electrons. The van der Waals surface area contributed by atoms with E-state index in [2.05, 4.69) is 8.75 Å². The molecule has 2 aromatic carbocycles. The Morgan fingerprint density at radius 2 is 1.92 bits per heavy atom. The number of hydrogen-bond acceptors (Lipinski definition) is 7. The third kappa shape index (κ3) is 3.36. The molecule has 1 heterocycles. The second-order valence-corrected chi connectivity index (χ2v) is 6.13. The monoisotopic (exact) mass is 380 g/mol. The minimum atomic E-state index is -2.69. The number of fused-ring (bicyclic) bond motifs is 1. The Labute approximate surface area is 148 Å². The van der Waals surface area contributed by atoms with Crippen LogP contribution in [0.5, 0.6) is 0 Å². The zero-order valence-electron chi connectivity index (χ0n) is 12.8. The van der Waals surface area contributed by atoms with Gasteiger partial charge in [-0.1, -0.05) is 0 Å². The second-order valence-electron chi connectivity index (χ2n) is 4.81. The number of esters is 1. The summed E-state index contributed by atoms with van der Waals surface area (Å²) in [6.45, 7) is 1.93. The Morgan fingerprint density at radius 3 is 2.56 bits per heavy atom. The predicted molar refractivity (Wildman–Crippen MR) is 90.8 cm³/mol. The van der Waals surface area contributed by atoms with E-state index in [4.69, 9.17) is 4.74 Å². The van der Waals surface area contributed by atoms with Crippen LogP contribution in [0.25, 0.3) is 11.0 Å². The Morgan fingerprint density at radius 1 is 1.24 bits per heavy atom. The molecule has 0 bridgehead atoms. The van der Waals surface area contributed by atoms with Gasteiger partial charge in [-0.25, -0.2) is 9.18 Å². The minimum Gasteiger partial charge on any atom is -0.755 e. The van der Waals surface area contributed by atoms with E-state index in [1.165, 1.54) is 30.3 Å². The van der Waals surface area contributed by atoms with Gasteiger partial charge in [-0.15, -0.1) is 0 Å². The van der Waals surface area contributed by atoms with Gasteiger partial charge in [0.2, 0.25) is 0 Å². The molecular weight excluding hydrogens is 369 g/mol. The molecule has 3 aromatic rings. The van der Waals surface area contributed by atoms with E-state index < -0.39 is 23.1 Å². The molecule has 0 amide bonds. The van der Waals surface area contributed by atoms with Gasteiger partial charge in [0.05, 0.1) is 46.5 Å². The first kappa shape index (κ1) is 17.4. The van der Waals surface area contributed by atoms with Crippen LogP contribution in [-0.4, -0.2) is 30.1 Å². The third-order valence-electron chi connectivity index (χ3n) is 3.33. The summed E-state index contributed by atoms with van der Waals surface area (Å²) in [5.74, 6) is -1.08. The maximum Gasteiger partial charge on any atom is 0.338 e. The number of carbonyl (C=O) groups is 1.